The van der Waals surface area contributed by atoms with Crippen LogP contribution >= 0.6 is 15.9 Å². The Kier molecular flexibility index (Phi) is 5.63. The molecule has 0 radical (unpaired) electrons. The van der Waals surface area contributed by atoms with Crippen LogP contribution in [-0.2, 0) is 18.4 Å². The molecule has 0 bridgehead atoms. The van der Waals surface area contributed by atoms with Crippen molar-refractivity contribution in [1.82, 2.24) is 25.0 Å². The Balaban J connectivity index is 2.39. The van der Waals surface area contributed by atoms with Gasteiger partial charge in [0.15, 0.2) is 10.4 Å². The molecule has 0 atom stereocenters. The van der Waals surface area contributed by atoms with Gasteiger partial charge < -0.3 is 10.1 Å². The molecule has 2 heterocycles. The summed E-state index contributed by atoms with van der Waals surface area (Å²) in [4.78, 5) is 9.00. The zero-order chi connectivity index (χ0) is 15.2. The lowest BCUT2D eigenvalue weighted by molar-refractivity contribution is 0.128. The number of hydrogen-bond donors (Lipinski definition) is 1. The summed E-state index contributed by atoms with van der Waals surface area (Å²) in [6, 6.07) is 1.90. The first-order valence-corrected chi connectivity index (χ1v) is 7.70. The van der Waals surface area contributed by atoms with Crippen LogP contribution in [0.3, 0.4) is 0 Å². The number of rotatable bonds is 7. The van der Waals surface area contributed by atoms with E-state index in [1.807, 2.05) is 20.0 Å². The van der Waals surface area contributed by atoms with Crippen LogP contribution in [0.25, 0.3) is 11.4 Å². The van der Waals surface area contributed by atoms with Gasteiger partial charge in [0.2, 0.25) is 0 Å². The first-order valence-electron chi connectivity index (χ1n) is 6.90. The zero-order valence-corrected chi connectivity index (χ0v) is 14.0. The van der Waals surface area contributed by atoms with Crippen LogP contribution in [0.4, 0.5) is 5.82 Å². The number of aromatic nitrogens is 5. The second kappa shape index (κ2) is 7.46. The Bertz CT molecular complexity index is 555. The molecule has 0 aliphatic rings. The molecule has 0 fully saturated rings. The van der Waals surface area contributed by atoms with Crippen LogP contribution in [0, 0.1) is 0 Å². The van der Waals surface area contributed by atoms with Crippen molar-refractivity contribution < 1.29 is 4.74 Å². The fraction of sp³-hybridized carbons (Fsp3) is 0.538. The molecule has 0 aliphatic carbocycles. The molecular weight excluding hydrogens is 336 g/mol. The predicted octanol–water partition coefficient (Wildman–Crippen LogP) is 2.39. The molecule has 1 N–H and O–H groups in total. The number of hydrogen-bond acceptors (Lipinski definition) is 6. The monoisotopic (exact) mass is 354 g/mol. The first kappa shape index (κ1) is 15.8. The topological polar surface area (TPSA) is 77.8 Å². The normalized spacial score (nSPS) is 10.9. The van der Waals surface area contributed by atoms with Crippen LogP contribution < -0.4 is 5.32 Å². The van der Waals surface area contributed by atoms with Gasteiger partial charge in [0.25, 0.3) is 0 Å². The molecule has 2 aromatic heterocycles. The summed E-state index contributed by atoms with van der Waals surface area (Å²) in [5.41, 5.74) is 1.58. The number of aryl methyl sites for hydroxylation is 1. The number of ether oxygens (including phenoxy) is 1. The average Bonchev–Trinajstić information content (AvgIpc) is 2.82. The summed E-state index contributed by atoms with van der Waals surface area (Å²) in [6.45, 7) is 5.92. The van der Waals surface area contributed by atoms with Crippen molar-refractivity contribution >= 4 is 21.7 Å². The minimum Gasteiger partial charge on any atom is -0.374 e. The number of halogens is 1. The average molecular weight is 355 g/mol. The SMILES string of the molecule is CCCNc1cc(-c2c(Br)nnn2C)nc(COCC)n1. The van der Waals surface area contributed by atoms with E-state index >= 15 is 0 Å². The molecule has 2 rings (SSSR count). The second-order valence-electron chi connectivity index (χ2n) is 4.47. The van der Waals surface area contributed by atoms with Gasteiger partial charge >= 0.3 is 0 Å². The van der Waals surface area contributed by atoms with Crippen molar-refractivity contribution in [3.8, 4) is 11.4 Å². The van der Waals surface area contributed by atoms with Crippen LogP contribution in [0.2, 0.25) is 0 Å². The summed E-state index contributed by atoms with van der Waals surface area (Å²) < 4.78 is 7.75. The molecule has 0 amide bonds. The molecule has 114 valence electrons. The number of nitrogens with one attached hydrogen (secondary N) is 1. The van der Waals surface area contributed by atoms with Gasteiger partial charge in [-0.2, -0.15) is 0 Å². The molecule has 7 nitrogen and oxygen atoms in total. The van der Waals surface area contributed by atoms with Gasteiger partial charge in [-0.25, -0.2) is 14.6 Å². The van der Waals surface area contributed by atoms with Crippen LogP contribution in [-0.4, -0.2) is 38.1 Å². The van der Waals surface area contributed by atoms with E-state index in [9.17, 15) is 0 Å². The Morgan fingerprint density at radius 1 is 1.33 bits per heavy atom. The highest BCUT2D eigenvalue weighted by Gasteiger charge is 2.15. The van der Waals surface area contributed by atoms with Gasteiger partial charge in [-0.1, -0.05) is 12.1 Å². The highest BCUT2D eigenvalue weighted by Crippen LogP contribution is 2.25. The predicted molar refractivity (Wildman–Crippen MR) is 83.8 cm³/mol. The Morgan fingerprint density at radius 2 is 2.14 bits per heavy atom. The third kappa shape index (κ3) is 3.98. The van der Waals surface area contributed by atoms with E-state index in [0.717, 1.165) is 30.2 Å². The van der Waals surface area contributed by atoms with E-state index in [4.69, 9.17) is 4.74 Å². The Hall–Kier alpha value is -1.54. The van der Waals surface area contributed by atoms with Crippen molar-refractivity contribution in [3.63, 3.8) is 0 Å². The third-order valence-corrected chi connectivity index (χ3v) is 3.33. The summed E-state index contributed by atoms with van der Waals surface area (Å²) in [7, 11) is 1.83. The highest BCUT2D eigenvalue weighted by atomic mass is 79.9. The fourth-order valence-corrected chi connectivity index (χ4v) is 2.35. The first-order chi connectivity index (χ1) is 10.2. The summed E-state index contributed by atoms with van der Waals surface area (Å²) in [5.74, 6) is 1.42. The molecule has 0 spiro atoms. The van der Waals surface area contributed by atoms with E-state index in [-0.39, 0.29) is 0 Å². The largest absolute Gasteiger partial charge is 0.374 e. The molecule has 21 heavy (non-hydrogen) atoms. The van der Waals surface area contributed by atoms with Crippen molar-refractivity contribution in [1.29, 1.82) is 0 Å². The molecule has 0 saturated carbocycles. The van der Waals surface area contributed by atoms with E-state index in [1.54, 1.807) is 4.68 Å². The Morgan fingerprint density at radius 3 is 2.76 bits per heavy atom. The lowest BCUT2D eigenvalue weighted by Crippen LogP contribution is -2.08. The molecule has 8 heteroatoms. The second-order valence-corrected chi connectivity index (χ2v) is 5.22. The summed E-state index contributed by atoms with van der Waals surface area (Å²) >= 11 is 3.40. The lowest BCUT2D eigenvalue weighted by atomic mass is 10.3. The lowest BCUT2D eigenvalue weighted by Gasteiger charge is -2.10. The van der Waals surface area contributed by atoms with Crippen molar-refractivity contribution in [2.45, 2.75) is 26.9 Å². The smallest absolute Gasteiger partial charge is 0.157 e. The quantitative estimate of drug-likeness (QED) is 0.822. The van der Waals surface area contributed by atoms with E-state index in [1.165, 1.54) is 0 Å². The van der Waals surface area contributed by atoms with Crippen LogP contribution in [0.1, 0.15) is 26.1 Å². The number of anilines is 1. The summed E-state index contributed by atoms with van der Waals surface area (Å²) in [6.07, 6.45) is 1.02. The van der Waals surface area contributed by atoms with Gasteiger partial charge in [0, 0.05) is 26.3 Å². The van der Waals surface area contributed by atoms with E-state index in [2.05, 4.69) is 48.5 Å². The minimum atomic E-state index is 0.383. The van der Waals surface area contributed by atoms with Crippen LogP contribution in [0.5, 0.6) is 0 Å². The molecule has 0 aliphatic heterocycles. The fourth-order valence-electron chi connectivity index (χ4n) is 1.82. The maximum Gasteiger partial charge on any atom is 0.157 e. The maximum absolute atomic E-state index is 5.41. The van der Waals surface area contributed by atoms with E-state index < -0.39 is 0 Å². The van der Waals surface area contributed by atoms with Gasteiger partial charge in [-0.3, -0.25) is 0 Å². The van der Waals surface area contributed by atoms with Gasteiger partial charge in [-0.05, 0) is 29.3 Å². The maximum atomic E-state index is 5.41. The summed E-state index contributed by atoms with van der Waals surface area (Å²) in [5, 5.41) is 11.3. The van der Waals surface area contributed by atoms with Gasteiger partial charge in [0.1, 0.15) is 18.1 Å². The van der Waals surface area contributed by atoms with Gasteiger partial charge in [0.05, 0.1) is 5.69 Å². The number of nitrogens with zero attached hydrogens (tertiary/aromatic N) is 5. The molecule has 0 saturated heterocycles. The minimum absolute atomic E-state index is 0.383. The van der Waals surface area contributed by atoms with Crippen molar-refractivity contribution in [3.05, 3.63) is 16.5 Å². The van der Waals surface area contributed by atoms with Crippen molar-refractivity contribution in [2.75, 3.05) is 18.5 Å². The third-order valence-electron chi connectivity index (χ3n) is 2.79. The highest BCUT2D eigenvalue weighted by molar-refractivity contribution is 9.10. The zero-order valence-electron chi connectivity index (χ0n) is 12.4. The molecule has 2 aromatic rings. The Labute approximate surface area is 132 Å². The van der Waals surface area contributed by atoms with Crippen LogP contribution in [0.15, 0.2) is 10.7 Å². The van der Waals surface area contributed by atoms with E-state index in [0.29, 0.717) is 23.6 Å². The molecule has 0 aromatic carbocycles. The molecule has 0 unspecified atom stereocenters. The standard InChI is InChI=1S/C13H19BrN6O/c1-4-6-15-10-7-9(12-13(14)18-19-20(12)3)16-11(17-10)8-21-5-2/h7H,4-6,8H2,1-3H3,(H,15,16,17). The van der Waals surface area contributed by atoms with Crippen molar-refractivity contribution in [2.24, 2.45) is 7.05 Å². The van der Waals surface area contributed by atoms with Gasteiger partial charge in [-0.15, -0.1) is 5.10 Å². The molecular formula is C13H19BrN6O.